The van der Waals surface area contributed by atoms with Gasteiger partial charge in [0.05, 0.1) is 11.8 Å². The lowest BCUT2D eigenvalue weighted by Gasteiger charge is -2.18. The zero-order valence-corrected chi connectivity index (χ0v) is 15.0. The number of nitrogens with zero attached hydrogens (tertiary/aromatic N) is 1. The number of benzene rings is 2. The van der Waals surface area contributed by atoms with Crippen LogP contribution in [0.5, 0.6) is 11.5 Å². The van der Waals surface area contributed by atoms with Gasteiger partial charge in [0.15, 0.2) is 11.5 Å². The molecule has 0 saturated carbocycles. The van der Waals surface area contributed by atoms with Crippen LogP contribution in [0, 0.1) is 0 Å². The molecule has 0 saturated heterocycles. The maximum atomic E-state index is 10.6. The summed E-state index contributed by atoms with van der Waals surface area (Å²) >= 11 is 0. The molecular formula is C22H23NO3. The molecule has 0 radical (unpaired) electrons. The van der Waals surface area contributed by atoms with Gasteiger partial charge in [0.1, 0.15) is 12.7 Å². The number of rotatable bonds is 7. The van der Waals surface area contributed by atoms with Crippen molar-refractivity contribution in [2.75, 3.05) is 0 Å². The predicted molar refractivity (Wildman–Crippen MR) is 101 cm³/mol. The maximum absolute atomic E-state index is 10.6. The molecule has 26 heavy (non-hydrogen) atoms. The lowest BCUT2D eigenvalue weighted by Crippen LogP contribution is -2.09. The third-order valence-electron chi connectivity index (χ3n) is 3.85. The molecule has 0 fully saturated rings. The number of aliphatic hydroxyl groups excluding tert-OH is 1. The van der Waals surface area contributed by atoms with Gasteiger partial charge < -0.3 is 14.6 Å². The summed E-state index contributed by atoms with van der Waals surface area (Å²) in [5.74, 6) is 1.27. The Morgan fingerprint density at radius 2 is 1.69 bits per heavy atom. The molecule has 1 aromatic heterocycles. The Morgan fingerprint density at radius 3 is 2.38 bits per heavy atom. The normalized spacial score (nSPS) is 12.0. The number of hydrogen-bond acceptors (Lipinski definition) is 4. The molecule has 1 atom stereocenters. The highest BCUT2D eigenvalue weighted by atomic mass is 16.5. The molecule has 4 heteroatoms. The molecule has 0 aliphatic rings. The maximum Gasteiger partial charge on any atom is 0.161 e. The Hall–Kier alpha value is -2.85. The molecule has 134 valence electrons. The predicted octanol–water partition coefficient (Wildman–Crippen LogP) is 4.53. The smallest absolute Gasteiger partial charge is 0.161 e. The van der Waals surface area contributed by atoms with Gasteiger partial charge in [-0.25, -0.2) is 0 Å². The number of aliphatic hydroxyl groups is 1. The van der Waals surface area contributed by atoms with E-state index in [2.05, 4.69) is 4.98 Å². The van der Waals surface area contributed by atoms with E-state index >= 15 is 0 Å². The summed E-state index contributed by atoms with van der Waals surface area (Å²) in [4.78, 5) is 4.22. The van der Waals surface area contributed by atoms with E-state index in [1.54, 1.807) is 12.3 Å². The van der Waals surface area contributed by atoms with Crippen LogP contribution < -0.4 is 9.47 Å². The summed E-state index contributed by atoms with van der Waals surface area (Å²) in [6.45, 7) is 4.38. The van der Waals surface area contributed by atoms with E-state index in [9.17, 15) is 5.11 Å². The van der Waals surface area contributed by atoms with Crippen molar-refractivity contribution in [3.05, 3.63) is 89.7 Å². The Morgan fingerprint density at radius 1 is 0.923 bits per heavy atom. The summed E-state index contributed by atoms with van der Waals surface area (Å²) in [5.41, 5.74) is 2.40. The number of pyridine rings is 1. The van der Waals surface area contributed by atoms with Crippen LogP contribution in [0.25, 0.3) is 0 Å². The SMILES string of the molecule is CC(C)Oc1cc(C(O)c2ccccn2)ccc1OCc1ccccc1. The van der Waals surface area contributed by atoms with Crippen molar-refractivity contribution in [3.63, 3.8) is 0 Å². The van der Waals surface area contributed by atoms with E-state index in [1.807, 2.05) is 74.5 Å². The third-order valence-corrected chi connectivity index (χ3v) is 3.85. The van der Waals surface area contributed by atoms with Crippen LogP contribution >= 0.6 is 0 Å². The van der Waals surface area contributed by atoms with E-state index in [0.717, 1.165) is 5.56 Å². The average Bonchev–Trinajstić information content (AvgIpc) is 2.67. The molecule has 2 aromatic carbocycles. The van der Waals surface area contributed by atoms with Gasteiger partial charge in [0.25, 0.3) is 0 Å². The second kappa shape index (κ2) is 8.50. The first kappa shape index (κ1) is 18.0. The van der Waals surface area contributed by atoms with Crippen molar-refractivity contribution in [2.45, 2.75) is 32.7 Å². The van der Waals surface area contributed by atoms with Crippen molar-refractivity contribution < 1.29 is 14.6 Å². The molecule has 0 aliphatic heterocycles. The van der Waals surface area contributed by atoms with Crippen molar-refractivity contribution in [1.82, 2.24) is 4.98 Å². The molecule has 0 spiro atoms. The standard InChI is InChI=1S/C22H23NO3/c1-16(2)26-21-14-18(22(24)19-10-6-7-13-23-19)11-12-20(21)25-15-17-8-4-3-5-9-17/h3-14,16,22,24H,15H2,1-2H3. The van der Waals surface area contributed by atoms with Crippen LogP contribution in [0.2, 0.25) is 0 Å². The van der Waals surface area contributed by atoms with E-state index in [-0.39, 0.29) is 6.10 Å². The minimum Gasteiger partial charge on any atom is -0.487 e. The first-order valence-corrected chi connectivity index (χ1v) is 8.70. The number of ether oxygens (including phenoxy) is 2. The fourth-order valence-electron chi connectivity index (χ4n) is 2.60. The molecule has 1 heterocycles. The van der Waals surface area contributed by atoms with Crippen molar-refractivity contribution >= 4 is 0 Å². The van der Waals surface area contributed by atoms with E-state index in [4.69, 9.17) is 9.47 Å². The molecule has 4 nitrogen and oxygen atoms in total. The number of hydrogen-bond donors (Lipinski definition) is 1. The molecular weight excluding hydrogens is 326 g/mol. The second-order valence-corrected chi connectivity index (χ2v) is 6.30. The van der Waals surface area contributed by atoms with Gasteiger partial charge >= 0.3 is 0 Å². The largest absolute Gasteiger partial charge is 0.487 e. The van der Waals surface area contributed by atoms with Gasteiger partial charge in [0.2, 0.25) is 0 Å². The molecule has 0 aliphatic carbocycles. The highest BCUT2D eigenvalue weighted by Gasteiger charge is 2.16. The fourth-order valence-corrected chi connectivity index (χ4v) is 2.60. The highest BCUT2D eigenvalue weighted by Crippen LogP contribution is 2.33. The van der Waals surface area contributed by atoms with E-state index < -0.39 is 6.10 Å². The average molecular weight is 349 g/mol. The monoisotopic (exact) mass is 349 g/mol. The molecule has 1 N–H and O–H groups in total. The van der Waals surface area contributed by atoms with E-state index in [1.165, 1.54) is 0 Å². The van der Waals surface area contributed by atoms with Crippen LogP contribution in [-0.4, -0.2) is 16.2 Å². The molecule has 0 amide bonds. The van der Waals surface area contributed by atoms with Gasteiger partial charge in [-0.2, -0.15) is 0 Å². The summed E-state index contributed by atoms with van der Waals surface area (Å²) in [7, 11) is 0. The highest BCUT2D eigenvalue weighted by molar-refractivity contribution is 5.45. The zero-order valence-electron chi connectivity index (χ0n) is 15.0. The Bertz CT molecular complexity index is 819. The van der Waals surface area contributed by atoms with Crippen LogP contribution in [0.1, 0.15) is 36.8 Å². The van der Waals surface area contributed by atoms with Crippen LogP contribution in [-0.2, 0) is 6.61 Å². The summed E-state index contributed by atoms with van der Waals surface area (Å²) < 4.78 is 11.8. The zero-order chi connectivity index (χ0) is 18.4. The van der Waals surface area contributed by atoms with Gasteiger partial charge in [0, 0.05) is 6.20 Å². The minimum atomic E-state index is -0.811. The summed E-state index contributed by atoms with van der Waals surface area (Å²) in [6.07, 6.45) is 0.853. The topological polar surface area (TPSA) is 51.6 Å². The van der Waals surface area contributed by atoms with Crippen molar-refractivity contribution in [3.8, 4) is 11.5 Å². The summed E-state index contributed by atoms with van der Waals surface area (Å²) in [6, 6.07) is 20.9. The first-order chi connectivity index (χ1) is 12.6. The molecule has 0 bridgehead atoms. The lowest BCUT2D eigenvalue weighted by molar-refractivity contribution is 0.206. The molecule has 1 unspecified atom stereocenters. The van der Waals surface area contributed by atoms with Gasteiger partial charge in [-0.15, -0.1) is 0 Å². The minimum absolute atomic E-state index is 0.00341. The van der Waals surface area contributed by atoms with Gasteiger partial charge in [-0.3, -0.25) is 4.98 Å². The lowest BCUT2D eigenvalue weighted by atomic mass is 10.1. The van der Waals surface area contributed by atoms with Gasteiger partial charge in [-0.1, -0.05) is 42.5 Å². The first-order valence-electron chi connectivity index (χ1n) is 8.70. The third kappa shape index (κ3) is 4.61. The number of aromatic nitrogens is 1. The van der Waals surface area contributed by atoms with Gasteiger partial charge in [-0.05, 0) is 49.2 Å². The molecule has 3 aromatic rings. The fraction of sp³-hybridized carbons (Fsp3) is 0.227. The Labute approximate surface area is 154 Å². The van der Waals surface area contributed by atoms with Crippen LogP contribution in [0.15, 0.2) is 72.9 Å². The van der Waals surface area contributed by atoms with Crippen LogP contribution in [0.3, 0.4) is 0 Å². The Balaban J connectivity index is 1.83. The summed E-state index contributed by atoms with van der Waals surface area (Å²) in [5, 5.41) is 10.6. The second-order valence-electron chi connectivity index (χ2n) is 6.30. The Kier molecular flexibility index (Phi) is 5.87. The van der Waals surface area contributed by atoms with E-state index in [0.29, 0.717) is 29.4 Å². The van der Waals surface area contributed by atoms with Crippen LogP contribution in [0.4, 0.5) is 0 Å². The molecule has 3 rings (SSSR count). The quantitative estimate of drug-likeness (QED) is 0.681. The van der Waals surface area contributed by atoms with Crippen molar-refractivity contribution in [1.29, 1.82) is 0 Å². The van der Waals surface area contributed by atoms with Crippen molar-refractivity contribution in [2.24, 2.45) is 0 Å².